The van der Waals surface area contributed by atoms with E-state index in [0.717, 1.165) is 16.8 Å². The monoisotopic (exact) mass is 509 g/mol. The molecule has 0 radical (unpaired) electrons. The number of amides is 2. The number of aromatic nitrogens is 3. The smallest absolute Gasteiger partial charge is 0.259 e. The topological polar surface area (TPSA) is 138 Å². The molecule has 10 nitrogen and oxygen atoms in total. The molecule has 3 aromatic rings. The lowest BCUT2D eigenvalue weighted by molar-refractivity contribution is 0.0698. The zero-order valence-electron chi connectivity index (χ0n) is 20.8. The quantitative estimate of drug-likeness (QED) is 0.340. The highest BCUT2D eigenvalue weighted by molar-refractivity contribution is 7.99. The van der Waals surface area contributed by atoms with Crippen molar-refractivity contribution in [3.8, 4) is 11.3 Å². The SMILES string of the molecule is CSNc1cc(-c2ccn3nc(N)c(C(=O)NC(C)(C)CO)c3n2)cc2c1C(=O)N(C(C)C1CC1)C2. The molecule has 2 aliphatic rings. The Balaban J connectivity index is 1.56. The van der Waals surface area contributed by atoms with Gasteiger partial charge in [-0.3, -0.25) is 9.59 Å². The van der Waals surface area contributed by atoms with Crippen LogP contribution < -0.4 is 15.8 Å². The first-order chi connectivity index (χ1) is 17.1. The fraction of sp³-hybridized carbons (Fsp3) is 0.440. The van der Waals surface area contributed by atoms with Crippen LogP contribution in [0.4, 0.5) is 11.5 Å². The minimum absolute atomic E-state index is 0.0554. The molecule has 5 N–H and O–H groups in total. The van der Waals surface area contributed by atoms with Gasteiger partial charge >= 0.3 is 0 Å². The number of hydrogen-bond acceptors (Lipinski definition) is 8. The summed E-state index contributed by atoms with van der Waals surface area (Å²) in [5, 5.41) is 16.6. The first kappa shape index (κ1) is 24.4. The molecular weight excluding hydrogens is 478 g/mol. The summed E-state index contributed by atoms with van der Waals surface area (Å²) >= 11 is 1.43. The van der Waals surface area contributed by atoms with E-state index in [9.17, 15) is 14.7 Å². The van der Waals surface area contributed by atoms with Crippen molar-refractivity contribution in [1.29, 1.82) is 0 Å². The Hall–Kier alpha value is -3.31. The van der Waals surface area contributed by atoms with E-state index in [4.69, 9.17) is 10.7 Å². The predicted octanol–water partition coefficient (Wildman–Crippen LogP) is 2.92. The van der Waals surface area contributed by atoms with Gasteiger partial charge in [0.05, 0.1) is 29.1 Å². The second-order valence-electron chi connectivity index (χ2n) is 10.2. The largest absolute Gasteiger partial charge is 0.394 e. The summed E-state index contributed by atoms with van der Waals surface area (Å²) in [4.78, 5) is 33.0. The van der Waals surface area contributed by atoms with Gasteiger partial charge in [0.15, 0.2) is 11.5 Å². The number of aliphatic hydroxyl groups is 1. The third-order valence-electron chi connectivity index (χ3n) is 6.93. The summed E-state index contributed by atoms with van der Waals surface area (Å²) in [5.41, 5.74) is 9.59. The fourth-order valence-electron chi connectivity index (χ4n) is 4.71. The molecule has 2 aromatic heterocycles. The number of anilines is 2. The Labute approximate surface area is 213 Å². The highest BCUT2D eigenvalue weighted by Gasteiger charge is 2.40. The van der Waals surface area contributed by atoms with Gasteiger partial charge in [0, 0.05) is 30.6 Å². The summed E-state index contributed by atoms with van der Waals surface area (Å²) in [5.74, 6) is 0.237. The number of fused-ring (bicyclic) bond motifs is 2. The molecule has 1 aromatic carbocycles. The lowest BCUT2D eigenvalue weighted by atomic mass is 10.0. The number of nitrogens with one attached hydrogen (secondary N) is 2. The summed E-state index contributed by atoms with van der Waals surface area (Å²) < 4.78 is 4.74. The van der Waals surface area contributed by atoms with Crippen LogP contribution in [0, 0.1) is 5.92 Å². The molecule has 0 saturated heterocycles. The predicted molar refractivity (Wildman–Crippen MR) is 141 cm³/mol. The maximum absolute atomic E-state index is 13.3. The van der Waals surface area contributed by atoms with Crippen molar-refractivity contribution in [3.05, 3.63) is 41.1 Å². The second-order valence-corrected chi connectivity index (χ2v) is 10.8. The molecule has 1 unspecified atom stereocenters. The van der Waals surface area contributed by atoms with Crippen LogP contribution in [-0.4, -0.2) is 60.9 Å². The van der Waals surface area contributed by atoms with Gasteiger partial charge in [0.2, 0.25) is 0 Å². The third kappa shape index (κ3) is 4.26. The zero-order chi connectivity index (χ0) is 25.8. The van der Waals surface area contributed by atoms with Crippen molar-refractivity contribution in [3.63, 3.8) is 0 Å². The number of rotatable bonds is 8. The number of benzene rings is 1. The van der Waals surface area contributed by atoms with Gasteiger partial charge in [-0.05, 0) is 63.3 Å². The minimum Gasteiger partial charge on any atom is -0.394 e. The van der Waals surface area contributed by atoms with Crippen molar-refractivity contribution in [1.82, 2.24) is 24.8 Å². The first-order valence-corrected chi connectivity index (χ1v) is 13.2. The van der Waals surface area contributed by atoms with Crippen LogP contribution in [0.25, 0.3) is 16.9 Å². The van der Waals surface area contributed by atoms with Gasteiger partial charge in [-0.15, -0.1) is 5.10 Å². The molecule has 1 aliphatic carbocycles. The summed E-state index contributed by atoms with van der Waals surface area (Å²) in [6.07, 6.45) is 5.98. The lowest BCUT2D eigenvalue weighted by Gasteiger charge is -2.24. The molecule has 3 heterocycles. The standard InChI is InChI=1S/C25H31N7O3S/c1-13(14-5-6-14)31-11-16-9-15(10-18(30-36-4)19(16)24(31)35)17-7-8-32-22(27-17)20(21(26)29-32)23(34)28-25(2,3)12-33/h7-10,13-14,30,33H,5-6,11-12H2,1-4H3,(H2,26,29)(H,28,34). The van der Waals surface area contributed by atoms with Crippen molar-refractivity contribution in [2.75, 3.05) is 23.3 Å². The molecule has 36 heavy (non-hydrogen) atoms. The molecule has 1 aliphatic heterocycles. The van der Waals surface area contributed by atoms with Crippen molar-refractivity contribution in [2.24, 2.45) is 5.92 Å². The van der Waals surface area contributed by atoms with Gasteiger partial charge in [-0.1, -0.05) is 11.9 Å². The average Bonchev–Trinajstić information content (AvgIpc) is 3.55. The highest BCUT2D eigenvalue weighted by Crippen LogP contribution is 2.41. The van der Waals surface area contributed by atoms with E-state index >= 15 is 0 Å². The van der Waals surface area contributed by atoms with E-state index in [-0.39, 0.29) is 29.9 Å². The van der Waals surface area contributed by atoms with E-state index in [1.54, 1.807) is 20.0 Å². The van der Waals surface area contributed by atoms with E-state index in [1.807, 2.05) is 29.4 Å². The fourth-order valence-corrected chi connectivity index (χ4v) is 5.09. The van der Waals surface area contributed by atoms with Crippen LogP contribution in [-0.2, 0) is 6.54 Å². The van der Waals surface area contributed by atoms with E-state index in [1.165, 1.54) is 29.3 Å². The van der Waals surface area contributed by atoms with Crippen molar-refractivity contribution in [2.45, 2.75) is 51.7 Å². The molecule has 0 spiro atoms. The lowest BCUT2D eigenvalue weighted by Crippen LogP contribution is -2.46. The van der Waals surface area contributed by atoms with Gasteiger partial charge in [-0.25, -0.2) is 9.50 Å². The minimum atomic E-state index is -0.830. The number of nitrogens with zero attached hydrogens (tertiary/aromatic N) is 4. The molecule has 2 amide bonds. The van der Waals surface area contributed by atoms with Gasteiger partial charge < -0.3 is 25.8 Å². The van der Waals surface area contributed by atoms with Crippen LogP contribution in [0.3, 0.4) is 0 Å². The molecule has 1 fully saturated rings. The van der Waals surface area contributed by atoms with Crippen LogP contribution in [0.15, 0.2) is 24.4 Å². The van der Waals surface area contributed by atoms with Gasteiger partial charge in [-0.2, -0.15) is 0 Å². The average molecular weight is 510 g/mol. The molecule has 5 rings (SSSR count). The maximum atomic E-state index is 13.3. The normalized spacial score (nSPS) is 16.4. The molecule has 11 heteroatoms. The number of nitrogen functional groups attached to an aromatic ring is 1. The Morgan fingerprint density at radius 1 is 1.36 bits per heavy atom. The Morgan fingerprint density at radius 3 is 2.78 bits per heavy atom. The number of aliphatic hydroxyl groups excluding tert-OH is 1. The number of nitrogens with two attached hydrogens (primary N) is 1. The summed E-state index contributed by atoms with van der Waals surface area (Å²) in [6, 6.07) is 5.95. The summed E-state index contributed by atoms with van der Waals surface area (Å²) in [6.45, 7) is 5.89. The first-order valence-electron chi connectivity index (χ1n) is 12.0. The number of carbonyl (C=O) groups excluding carboxylic acids is 2. The van der Waals surface area contributed by atoms with Crippen LogP contribution in [0.1, 0.15) is 59.9 Å². The van der Waals surface area contributed by atoms with Crippen molar-refractivity contribution >= 4 is 40.9 Å². The van der Waals surface area contributed by atoms with Crippen molar-refractivity contribution < 1.29 is 14.7 Å². The Kier molecular flexibility index (Phi) is 6.08. The van der Waals surface area contributed by atoms with E-state index in [2.05, 4.69) is 22.1 Å². The van der Waals surface area contributed by atoms with Crippen LogP contribution >= 0.6 is 11.9 Å². The van der Waals surface area contributed by atoms with Crippen LogP contribution in [0.2, 0.25) is 0 Å². The van der Waals surface area contributed by atoms with Crippen LogP contribution in [0.5, 0.6) is 0 Å². The van der Waals surface area contributed by atoms with Gasteiger partial charge in [0.1, 0.15) is 5.56 Å². The summed E-state index contributed by atoms with van der Waals surface area (Å²) in [7, 11) is 0. The third-order valence-corrected chi connectivity index (χ3v) is 7.35. The highest BCUT2D eigenvalue weighted by atomic mass is 32.2. The Bertz CT molecular complexity index is 1370. The molecule has 190 valence electrons. The molecule has 1 saturated carbocycles. The van der Waals surface area contributed by atoms with E-state index in [0.29, 0.717) is 29.4 Å². The molecule has 1 atom stereocenters. The molecular formula is C25H31N7O3S. The molecule has 0 bridgehead atoms. The van der Waals surface area contributed by atoms with E-state index < -0.39 is 11.4 Å². The van der Waals surface area contributed by atoms with Gasteiger partial charge in [0.25, 0.3) is 11.8 Å². The Morgan fingerprint density at radius 2 is 2.11 bits per heavy atom. The second kappa shape index (κ2) is 8.97. The zero-order valence-corrected chi connectivity index (χ0v) is 21.6. The maximum Gasteiger partial charge on any atom is 0.259 e. The number of hydrogen-bond donors (Lipinski definition) is 4. The number of carbonyl (C=O) groups is 2.